The summed E-state index contributed by atoms with van der Waals surface area (Å²) < 4.78 is 33.7. The molecule has 0 aliphatic carbocycles. The van der Waals surface area contributed by atoms with Crippen LogP contribution in [0.5, 0.6) is 17.2 Å². The number of carbonyl (C=O) groups is 3. The lowest BCUT2D eigenvalue weighted by atomic mass is 10.0. The average molecular weight is 559 g/mol. The van der Waals surface area contributed by atoms with E-state index in [1.54, 1.807) is 6.92 Å². The van der Waals surface area contributed by atoms with Gasteiger partial charge >= 0.3 is 11.9 Å². The molecule has 1 aliphatic rings. The van der Waals surface area contributed by atoms with E-state index in [-0.39, 0.29) is 36.3 Å². The Morgan fingerprint density at radius 2 is 1.88 bits per heavy atom. The molecule has 1 aromatic heterocycles. The van der Waals surface area contributed by atoms with Gasteiger partial charge in [-0.3, -0.25) is 9.59 Å². The lowest BCUT2D eigenvalue weighted by molar-refractivity contribution is -0.159. The molecule has 0 bridgehead atoms. The molecule has 1 aromatic carbocycles. The van der Waals surface area contributed by atoms with E-state index in [0.717, 1.165) is 6.42 Å². The van der Waals surface area contributed by atoms with Crippen LogP contribution in [0, 0.1) is 0 Å². The van der Waals surface area contributed by atoms with Gasteiger partial charge in [-0.2, -0.15) is 0 Å². The Labute approximate surface area is 234 Å². The van der Waals surface area contributed by atoms with Crippen molar-refractivity contribution in [1.82, 2.24) is 10.3 Å². The highest BCUT2D eigenvalue weighted by molar-refractivity contribution is 5.98. The molecule has 2 aromatic rings. The normalized spacial score (nSPS) is 21.2. The minimum absolute atomic E-state index is 0.0318. The zero-order valence-corrected chi connectivity index (χ0v) is 23.4. The summed E-state index contributed by atoms with van der Waals surface area (Å²) in [6, 6.07) is 9.79. The van der Waals surface area contributed by atoms with E-state index in [1.165, 1.54) is 26.5 Å². The third-order valence-electron chi connectivity index (χ3n) is 6.28. The lowest BCUT2D eigenvalue weighted by Gasteiger charge is -2.31. The highest BCUT2D eigenvalue weighted by Crippen LogP contribution is 2.30. The smallest absolute Gasteiger partial charge is 0.329 e. The summed E-state index contributed by atoms with van der Waals surface area (Å²) >= 11 is 0. The van der Waals surface area contributed by atoms with Crippen molar-refractivity contribution in [3.8, 4) is 17.2 Å². The second-order valence-electron chi connectivity index (χ2n) is 9.31. The van der Waals surface area contributed by atoms with Crippen molar-refractivity contribution < 1.29 is 42.8 Å². The zero-order chi connectivity index (χ0) is 28.9. The summed E-state index contributed by atoms with van der Waals surface area (Å²) in [5, 5.41) is 2.70. The first-order valence-electron chi connectivity index (χ1n) is 13.4. The van der Waals surface area contributed by atoms with Crippen LogP contribution in [0.25, 0.3) is 0 Å². The number of para-hydroxylation sites is 1. The standard InChI is InChI=1S/C29H38N2O9/c1-5-17-37-23-13-9-12-21(29(34)38-19(2)26(23)39-20-10-7-6-8-11-20)31-28(33)25-27(22(36-4)14-16-30-25)40-24(32)15-18-35-3/h6-8,10-11,14,16,19,21,23,26H,5,9,12-13,15,17-18H2,1-4H3,(H,31,33). The number of methoxy groups -OCH3 is 2. The first kappa shape index (κ1) is 30.8. The highest BCUT2D eigenvalue weighted by Gasteiger charge is 2.37. The molecule has 11 nitrogen and oxygen atoms in total. The molecule has 4 atom stereocenters. The van der Waals surface area contributed by atoms with Crippen LogP contribution in [0.15, 0.2) is 42.6 Å². The predicted molar refractivity (Wildman–Crippen MR) is 144 cm³/mol. The lowest BCUT2D eigenvalue weighted by Crippen LogP contribution is -2.46. The number of rotatable bonds is 12. The van der Waals surface area contributed by atoms with Gasteiger partial charge in [0.1, 0.15) is 17.9 Å². The van der Waals surface area contributed by atoms with E-state index in [4.69, 9.17) is 28.4 Å². The maximum absolute atomic E-state index is 13.3. The Kier molecular flexibility index (Phi) is 12.2. The highest BCUT2D eigenvalue weighted by atomic mass is 16.6. The quantitative estimate of drug-likeness (QED) is 0.386. The number of hydrogen-bond donors (Lipinski definition) is 1. The molecule has 4 unspecified atom stereocenters. The van der Waals surface area contributed by atoms with Crippen LogP contribution in [0.4, 0.5) is 0 Å². The molecule has 1 amide bonds. The second kappa shape index (κ2) is 15.8. The van der Waals surface area contributed by atoms with Crippen LogP contribution in [0.1, 0.15) is 56.4 Å². The zero-order valence-electron chi connectivity index (χ0n) is 23.4. The Morgan fingerprint density at radius 3 is 2.58 bits per heavy atom. The average Bonchev–Trinajstić information content (AvgIpc) is 3.00. The van der Waals surface area contributed by atoms with Gasteiger partial charge in [-0.25, -0.2) is 9.78 Å². The number of nitrogens with one attached hydrogen (secondary N) is 1. The predicted octanol–water partition coefficient (Wildman–Crippen LogP) is 3.49. The van der Waals surface area contributed by atoms with Crippen LogP contribution in [-0.4, -0.2) is 74.6 Å². The SMILES string of the molecule is CCCOC1CCCC(NC(=O)c2nccc(OC)c2OC(=O)CCOC)C(=O)OC(C)C1Oc1ccccc1. The summed E-state index contributed by atoms with van der Waals surface area (Å²) in [7, 11) is 2.84. The van der Waals surface area contributed by atoms with E-state index in [1.807, 2.05) is 37.3 Å². The Balaban J connectivity index is 1.79. The second-order valence-corrected chi connectivity index (χ2v) is 9.31. The molecule has 0 spiro atoms. The van der Waals surface area contributed by atoms with Gasteiger partial charge in [0.2, 0.25) is 5.75 Å². The molecule has 11 heteroatoms. The number of ether oxygens (including phenoxy) is 6. The molecule has 1 aliphatic heterocycles. The fourth-order valence-electron chi connectivity index (χ4n) is 4.27. The van der Waals surface area contributed by atoms with Gasteiger partial charge in [0.25, 0.3) is 5.91 Å². The van der Waals surface area contributed by atoms with Crippen molar-refractivity contribution in [3.63, 3.8) is 0 Å². The number of cyclic esters (lactones) is 1. The molecule has 3 rings (SSSR count). The maximum atomic E-state index is 13.3. The van der Waals surface area contributed by atoms with Crippen LogP contribution in [0.3, 0.4) is 0 Å². The van der Waals surface area contributed by atoms with Gasteiger partial charge in [0.15, 0.2) is 17.5 Å². The minimum atomic E-state index is -0.970. The topological polar surface area (TPSA) is 132 Å². The number of nitrogens with zero attached hydrogens (tertiary/aromatic N) is 1. The molecule has 218 valence electrons. The molecule has 0 saturated carbocycles. The largest absolute Gasteiger partial charge is 0.493 e. The number of carbonyl (C=O) groups excluding carboxylic acids is 3. The number of benzene rings is 1. The van der Waals surface area contributed by atoms with E-state index < -0.39 is 36.1 Å². The number of pyridine rings is 1. The van der Waals surface area contributed by atoms with Crippen molar-refractivity contribution in [1.29, 1.82) is 0 Å². The molecule has 0 radical (unpaired) electrons. The molecular weight excluding hydrogens is 520 g/mol. The van der Waals surface area contributed by atoms with Crippen LogP contribution in [0.2, 0.25) is 0 Å². The van der Waals surface area contributed by atoms with Crippen LogP contribution >= 0.6 is 0 Å². The van der Waals surface area contributed by atoms with E-state index in [9.17, 15) is 14.4 Å². The third-order valence-corrected chi connectivity index (χ3v) is 6.28. The van der Waals surface area contributed by atoms with Gasteiger partial charge in [0.05, 0.1) is 26.2 Å². The minimum Gasteiger partial charge on any atom is -0.493 e. The number of amides is 1. The van der Waals surface area contributed by atoms with Gasteiger partial charge in [-0.05, 0) is 44.7 Å². The van der Waals surface area contributed by atoms with Gasteiger partial charge < -0.3 is 33.7 Å². The summed E-state index contributed by atoms with van der Waals surface area (Å²) in [6.45, 7) is 4.45. The maximum Gasteiger partial charge on any atom is 0.329 e. The van der Waals surface area contributed by atoms with Gasteiger partial charge in [-0.15, -0.1) is 0 Å². The van der Waals surface area contributed by atoms with Crippen LogP contribution in [-0.2, 0) is 23.8 Å². The van der Waals surface area contributed by atoms with Gasteiger partial charge in [0, 0.05) is 26.0 Å². The van der Waals surface area contributed by atoms with E-state index in [0.29, 0.717) is 31.6 Å². The Hall–Kier alpha value is -3.70. The number of aromatic nitrogens is 1. The van der Waals surface area contributed by atoms with Crippen molar-refractivity contribution in [2.24, 2.45) is 0 Å². The Morgan fingerprint density at radius 1 is 1.10 bits per heavy atom. The summed E-state index contributed by atoms with van der Waals surface area (Å²) in [5.74, 6) is -1.30. The molecule has 1 saturated heterocycles. The summed E-state index contributed by atoms with van der Waals surface area (Å²) in [6.07, 6.45) is 2.05. The molecule has 1 N–H and O–H groups in total. The molecule has 2 heterocycles. The number of hydrogen-bond acceptors (Lipinski definition) is 10. The van der Waals surface area contributed by atoms with Crippen LogP contribution < -0.4 is 19.5 Å². The fourth-order valence-corrected chi connectivity index (χ4v) is 4.27. The van der Waals surface area contributed by atoms with E-state index >= 15 is 0 Å². The molecule has 40 heavy (non-hydrogen) atoms. The molecule has 1 fully saturated rings. The Bertz CT molecular complexity index is 1110. The summed E-state index contributed by atoms with van der Waals surface area (Å²) in [4.78, 5) is 42.9. The van der Waals surface area contributed by atoms with Crippen molar-refractivity contribution in [3.05, 3.63) is 48.3 Å². The third kappa shape index (κ3) is 8.65. The van der Waals surface area contributed by atoms with Crippen molar-refractivity contribution >= 4 is 17.8 Å². The monoisotopic (exact) mass is 558 g/mol. The summed E-state index contributed by atoms with van der Waals surface area (Å²) in [5.41, 5.74) is -0.194. The van der Waals surface area contributed by atoms with Gasteiger partial charge in [-0.1, -0.05) is 25.1 Å². The van der Waals surface area contributed by atoms with Crippen molar-refractivity contribution in [2.75, 3.05) is 27.4 Å². The fraction of sp³-hybridized carbons (Fsp3) is 0.517. The van der Waals surface area contributed by atoms with E-state index in [2.05, 4.69) is 10.3 Å². The van der Waals surface area contributed by atoms with Crippen molar-refractivity contribution in [2.45, 2.75) is 70.3 Å². The first-order chi connectivity index (χ1) is 19.4. The number of esters is 2. The first-order valence-corrected chi connectivity index (χ1v) is 13.4. The molecular formula is C29H38N2O9.